The number of aliphatic carboxylic acids is 1. The van der Waals surface area contributed by atoms with Crippen molar-refractivity contribution in [3.05, 3.63) is 20.2 Å². The van der Waals surface area contributed by atoms with Crippen LogP contribution >= 0.6 is 82.5 Å². The number of hydrogen-bond acceptors (Lipinski definition) is 9. The van der Waals surface area contributed by atoms with Gasteiger partial charge in [0.2, 0.25) is 13.1 Å². The molecule has 220 valence electrons. The van der Waals surface area contributed by atoms with Crippen molar-refractivity contribution < 1.29 is 43.7 Å². The van der Waals surface area contributed by atoms with E-state index in [0.717, 1.165) is 14.2 Å². The van der Waals surface area contributed by atoms with E-state index in [1.807, 2.05) is 32.6 Å². The molecule has 0 aromatic carbocycles. The van der Waals surface area contributed by atoms with E-state index < -0.39 is 46.1 Å². The molecule has 37 heavy (non-hydrogen) atoms. The molecule has 0 aliphatic carbocycles. The van der Waals surface area contributed by atoms with Gasteiger partial charge in [-0.1, -0.05) is 50.3 Å². The van der Waals surface area contributed by atoms with Crippen LogP contribution in [0.5, 0.6) is 0 Å². The van der Waals surface area contributed by atoms with E-state index >= 15 is 0 Å². The molecule has 0 aromatic heterocycles. The zero-order chi connectivity index (χ0) is 30.3. The second-order valence-electron chi connectivity index (χ2n) is 8.23. The van der Waals surface area contributed by atoms with Crippen molar-refractivity contribution in [2.45, 2.75) is 47.0 Å². The molecule has 0 radical (unpaired) electrons. The Morgan fingerprint density at radius 1 is 0.838 bits per heavy atom. The molecule has 0 rings (SSSR count). The van der Waals surface area contributed by atoms with Crippen molar-refractivity contribution in [3.8, 4) is 0 Å². The average molecular weight is 1020 g/mol. The molecule has 0 heterocycles. The predicted octanol–water partition coefficient (Wildman–Crippen LogP) is 5.99. The first-order valence-electron chi connectivity index (χ1n) is 10.7. The van der Waals surface area contributed by atoms with Crippen molar-refractivity contribution in [1.29, 1.82) is 0 Å². The molecule has 2 unspecified atom stereocenters. The zero-order valence-electron chi connectivity index (χ0n) is 21.9. The van der Waals surface area contributed by atoms with E-state index in [1.165, 1.54) is 0 Å². The summed E-state index contributed by atoms with van der Waals surface area (Å²) in [6, 6.07) is 0. The summed E-state index contributed by atoms with van der Waals surface area (Å²) in [6.07, 6.45) is 0.849. The molecule has 0 bridgehead atoms. The third-order valence-electron chi connectivity index (χ3n) is 4.21. The molecule has 0 saturated heterocycles. The van der Waals surface area contributed by atoms with Crippen LogP contribution in [0.1, 0.15) is 47.0 Å². The Hall–Kier alpha value is 0.714. The van der Waals surface area contributed by atoms with Gasteiger partial charge in [0, 0.05) is 21.7 Å². The third kappa shape index (κ3) is 32.8. The summed E-state index contributed by atoms with van der Waals surface area (Å²) in [4.78, 5) is 55.0. The van der Waals surface area contributed by atoms with E-state index in [1.54, 1.807) is 0 Å². The van der Waals surface area contributed by atoms with E-state index in [0.29, 0.717) is 18.8 Å². The first kappa shape index (κ1) is 44.7. The molecule has 0 spiro atoms. The molecule has 2 atom stereocenters. The Morgan fingerprint density at radius 2 is 1.19 bits per heavy atom. The van der Waals surface area contributed by atoms with Gasteiger partial charge in [0.15, 0.2) is 5.92 Å². The first-order valence-corrected chi connectivity index (χ1v) is 26.4. The zero-order valence-corrected chi connectivity index (χ0v) is 31.9. The number of carbonyl (C=O) groups excluding carboxylic acids is 2. The SMILES string of the molecule is CC(C)CC(CC(=O)O)C[N+](=O)[O-].CI.COC(=O)C(C(=O)OC)C(CC(C)C)C[N+](=O)[O-].[I][V]([I])[I]. The number of alkyl halides is 1. The van der Waals surface area contributed by atoms with Crippen molar-refractivity contribution in [2.24, 2.45) is 29.6 Å². The molecule has 1 N–H and O–H groups in total. The summed E-state index contributed by atoms with van der Waals surface area (Å²) < 4.78 is 9.03. The summed E-state index contributed by atoms with van der Waals surface area (Å²) in [7, 11) is 2.27. The van der Waals surface area contributed by atoms with Gasteiger partial charge in [-0.05, 0) is 29.6 Å². The first-order chi connectivity index (χ1) is 17.0. The van der Waals surface area contributed by atoms with Crippen molar-refractivity contribution in [1.82, 2.24) is 0 Å². The molecule has 12 nitrogen and oxygen atoms in total. The fourth-order valence-electron chi connectivity index (χ4n) is 3.19. The number of hydrogen-bond donors (Lipinski definition) is 1. The van der Waals surface area contributed by atoms with Crippen LogP contribution < -0.4 is 0 Å². The standard InChI is InChI=1S/C11H19NO6.C8H15NO4.CH3I.3HI.V/c1-7(2)5-8(6-12(15)16)9(10(13)17-3)11(14)18-4;1-6(2)3-7(4-8(10)11)5-9(12)13;1-2;;;;/h7-9H,5-6H2,1-4H3;6-7H,3-5H2,1-2H3,(H,10,11);1H3;3*1H;/q;;;;;;+3/p-3. The molecule has 0 fully saturated rings. The van der Waals surface area contributed by atoms with E-state index in [9.17, 15) is 34.6 Å². The molecule has 17 heteroatoms. The van der Waals surface area contributed by atoms with Gasteiger partial charge in [0.25, 0.3) is 0 Å². The van der Waals surface area contributed by atoms with Gasteiger partial charge in [0.05, 0.1) is 20.6 Å². The second kappa shape index (κ2) is 28.3. The Balaban J connectivity index is -0.000000250. The Morgan fingerprint density at radius 3 is 1.43 bits per heavy atom. The van der Waals surface area contributed by atoms with Gasteiger partial charge in [-0.25, -0.2) is 0 Å². The number of carboxylic acid groups (broad SMARTS) is 1. The van der Waals surface area contributed by atoms with Crippen LogP contribution in [0, 0.1) is 49.8 Å². The molecule has 0 aromatic rings. The Bertz CT molecular complexity index is 638. The summed E-state index contributed by atoms with van der Waals surface area (Å²) in [5.41, 5.74) is 0. The molecule has 0 aliphatic rings. The maximum absolute atomic E-state index is 11.6. The quantitative estimate of drug-likeness (QED) is 0.0576. The number of nitro groups is 2. The van der Waals surface area contributed by atoms with Crippen LogP contribution in [0.4, 0.5) is 0 Å². The van der Waals surface area contributed by atoms with Crippen LogP contribution in [-0.2, 0) is 28.8 Å². The van der Waals surface area contributed by atoms with Crippen LogP contribution in [0.3, 0.4) is 0 Å². The van der Waals surface area contributed by atoms with E-state index in [4.69, 9.17) is 5.11 Å². The summed E-state index contributed by atoms with van der Waals surface area (Å²) in [6.45, 7) is 6.86. The monoisotopic (exact) mass is 1020 g/mol. The third-order valence-corrected chi connectivity index (χ3v) is 4.21. The van der Waals surface area contributed by atoms with Crippen LogP contribution in [0.25, 0.3) is 0 Å². The minimum atomic E-state index is -1.24. The van der Waals surface area contributed by atoms with Crippen LogP contribution in [0.2, 0.25) is 0 Å². The molecule has 0 aliphatic heterocycles. The van der Waals surface area contributed by atoms with Crippen molar-refractivity contribution >= 4 is 100 Å². The number of nitrogens with zero attached hydrogens (tertiary/aromatic N) is 2. The van der Waals surface area contributed by atoms with E-state index in [-0.39, 0.29) is 29.7 Å². The fraction of sp³-hybridized carbons (Fsp3) is 0.850. The van der Waals surface area contributed by atoms with E-state index in [2.05, 4.69) is 92.0 Å². The van der Waals surface area contributed by atoms with Crippen LogP contribution in [-0.4, -0.2) is 65.1 Å². The van der Waals surface area contributed by atoms with Gasteiger partial charge in [-0.3, -0.25) is 34.6 Å². The fourth-order valence-corrected chi connectivity index (χ4v) is 3.19. The van der Waals surface area contributed by atoms with Gasteiger partial charge >= 0.3 is 82.8 Å². The topological polar surface area (TPSA) is 176 Å². The normalized spacial score (nSPS) is 11.6. The summed E-state index contributed by atoms with van der Waals surface area (Å²) >= 11 is 9.54. The van der Waals surface area contributed by atoms with Crippen molar-refractivity contribution in [2.75, 3.05) is 32.2 Å². The van der Waals surface area contributed by atoms with Crippen molar-refractivity contribution in [3.63, 3.8) is 0 Å². The maximum atomic E-state index is 11.6. The van der Waals surface area contributed by atoms with Gasteiger partial charge in [-0.15, -0.1) is 0 Å². The second-order valence-corrected chi connectivity index (χ2v) is 43.6. The van der Waals surface area contributed by atoms with Gasteiger partial charge in [0.1, 0.15) is 0 Å². The predicted molar refractivity (Wildman–Crippen MR) is 171 cm³/mol. The van der Waals surface area contributed by atoms with Crippen LogP contribution in [0.15, 0.2) is 0 Å². The number of carboxylic acids is 1. The van der Waals surface area contributed by atoms with Gasteiger partial charge < -0.3 is 14.6 Å². The number of esters is 2. The van der Waals surface area contributed by atoms with Gasteiger partial charge in [-0.2, -0.15) is 0 Å². The Kier molecular flexibility index (Phi) is 34.1. The number of carbonyl (C=O) groups is 3. The number of halogens is 4. The molecule has 0 saturated carbocycles. The molecular formula is C20H37I4N2O10V. The Labute approximate surface area is 270 Å². The summed E-state index contributed by atoms with van der Waals surface area (Å²) in [5.74, 6) is -4.45. The minimum absolute atomic E-state index is 0.112. The summed E-state index contributed by atoms with van der Waals surface area (Å²) in [5, 5.41) is 29.3. The number of ether oxygens (including phenoxy) is 2. The average Bonchev–Trinajstić information content (AvgIpc) is 2.72. The number of methoxy groups -OCH3 is 2. The molecular weight excluding hydrogens is 987 g/mol. The molecule has 0 amide bonds. The number of rotatable bonds is 13.